The predicted molar refractivity (Wildman–Crippen MR) is 93.4 cm³/mol. The first-order chi connectivity index (χ1) is 11.0. The molecule has 1 saturated heterocycles. The number of halogens is 1. The van der Waals surface area contributed by atoms with E-state index in [1.165, 1.54) is 0 Å². The first-order valence-electron chi connectivity index (χ1n) is 8.09. The summed E-state index contributed by atoms with van der Waals surface area (Å²) in [6.45, 7) is 7.66. The van der Waals surface area contributed by atoms with Gasteiger partial charge in [-0.2, -0.15) is 0 Å². The molecule has 0 aliphatic carbocycles. The number of carbonyl (C=O) groups is 1. The number of amides is 1. The molecule has 1 heterocycles. The number of hydrogen-bond donors (Lipinski definition) is 2. The summed E-state index contributed by atoms with van der Waals surface area (Å²) in [6.07, 6.45) is 2.96. The van der Waals surface area contributed by atoms with Gasteiger partial charge < -0.3 is 10.4 Å². The van der Waals surface area contributed by atoms with Crippen molar-refractivity contribution in [3.63, 3.8) is 0 Å². The van der Waals surface area contributed by atoms with E-state index < -0.39 is 6.10 Å². The molecule has 5 heteroatoms. The molecule has 1 amide bonds. The van der Waals surface area contributed by atoms with Crippen molar-refractivity contribution in [1.29, 1.82) is 0 Å². The number of aliphatic hydroxyl groups is 1. The monoisotopic (exact) mass is 336 g/mol. The average molecular weight is 337 g/mol. The molecule has 1 aromatic carbocycles. The standard InChI is InChI=1S/C18H25ClN2O2/c1-3-10-20-18(23)13(2)21-11-8-15(9-12-21)17(22)14-4-6-16(19)7-5-14/h3-7,13,15,17,22H,1,8-12H2,2H3,(H,20,23). The number of hydrogen-bond acceptors (Lipinski definition) is 3. The second-order valence-corrected chi connectivity index (χ2v) is 6.52. The lowest BCUT2D eigenvalue weighted by molar-refractivity contribution is -0.126. The van der Waals surface area contributed by atoms with E-state index in [0.717, 1.165) is 31.5 Å². The molecule has 2 unspecified atom stereocenters. The minimum atomic E-state index is -0.473. The third-order valence-corrected chi connectivity index (χ3v) is 4.83. The Bertz CT molecular complexity index is 524. The summed E-state index contributed by atoms with van der Waals surface area (Å²) in [5, 5.41) is 14.0. The van der Waals surface area contributed by atoms with Crippen molar-refractivity contribution in [1.82, 2.24) is 10.2 Å². The van der Waals surface area contributed by atoms with Crippen LogP contribution in [0.25, 0.3) is 0 Å². The fourth-order valence-corrected chi connectivity index (χ4v) is 3.17. The normalized spacial score (nSPS) is 19.1. The van der Waals surface area contributed by atoms with Crippen LogP contribution in [0.3, 0.4) is 0 Å². The Labute approximate surface area is 143 Å². The maximum atomic E-state index is 12.0. The van der Waals surface area contributed by atoms with Crippen LogP contribution in [-0.2, 0) is 4.79 Å². The Morgan fingerprint density at radius 1 is 1.43 bits per heavy atom. The van der Waals surface area contributed by atoms with Crippen LogP contribution in [0.2, 0.25) is 5.02 Å². The van der Waals surface area contributed by atoms with E-state index in [0.29, 0.717) is 11.6 Å². The molecule has 2 N–H and O–H groups in total. The zero-order valence-electron chi connectivity index (χ0n) is 13.5. The van der Waals surface area contributed by atoms with Crippen LogP contribution in [0.5, 0.6) is 0 Å². The van der Waals surface area contributed by atoms with E-state index in [2.05, 4.69) is 16.8 Å². The van der Waals surface area contributed by atoms with Crippen molar-refractivity contribution in [3.05, 3.63) is 47.5 Å². The molecular formula is C18H25ClN2O2. The Kier molecular flexibility index (Phi) is 6.63. The molecule has 0 radical (unpaired) electrons. The van der Waals surface area contributed by atoms with Gasteiger partial charge in [-0.3, -0.25) is 9.69 Å². The maximum Gasteiger partial charge on any atom is 0.237 e. The third-order valence-electron chi connectivity index (χ3n) is 4.58. The van der Waals surface area contributed by atoms with Gasteiger partial charge in [0.15, 0.2) is 0 Å². The number of benzene rings is 1. The minimum absolute atomic E-state index is 0.0293. The summed E-state index contributed by atoms with van der Waals surface area (Å²) in [5.41, 5.74) is 0.907. The van der Waals surface area contributed by atoms with Crippen LogP contribution >= 0.6 is 11.6 Å². The number of rotatable bonds is 6. The molecule has 23 heavy (non-hydrogen) atoms. The van der Waals surface area contributed by atoms with Crippen LogP contribution in [0.1, 0.15) is 31.4 Å². The molecule has 2 rings (SSSR count). The largest absolute Gasteiger partial charge is 0.388 e. The van der Waals surface area contributed by atoms with Gasteiger partial charge in [0, 0.05) is 11.6 Å². The van der Waals surface area contributed by atoms with Crippen LogP contribution < -0.4 is 5.32 Å². The molecule has 0 bridgehead atoms. The second kappa shape index (κ2) is 8.48. The molecule has 1 aromatic rings. The highest BCUT2D eigenvalue weighted by Gasteiger charge is 2.30. The maximum absolute atomic E-state index is 12.0. The van der Waals surface area contributed by atoms with E-state index >= 15 is 0 Å². The molecule has 0 spiro atoms. The number of piperidine rings is 1. The van der Waals surface area contributed by atoms with Gasteiger partial charge in [0.25, 0.3) is 0 Å². The molecule has 4 nitrogen and oxygen atoms in total. The van der Waals surface area contributed by atoms with Crippen molar-refractivity contribution in [2.24, 2.45) is 5.92 Å². The van der Waals surface area contributed by atoms with Crippen molar-refractivity contribution in [2.45, 2.75) is 31.9 Å². The third kappa shape index (κ3) is 4.80. The van der Waals surface area contributed by atoms with E-state index in [1.807, 2.05) is 19.1 Å². The lowest BCUT2D eigenvalue weighted by atomic mass is 9.87. The van der Waals surface area contributed by atoms with Gasteiger partial charge in [0.2, 0.25) is 5.91 Å². The number of nitrogens with one attached hydrogen (secondary N) is 1. The van der Waals surface area contributed by atoms with Gasteiger partial charge in [-0.1, -0.05) is 29.8 Å². The molecule has 126 valence electrons. The number of carbonyl (C=O) groups excluding carboxylic acids is 1. The molecule has 1 aliphatic heterocycles. The lowest BCUT2D eigenvalue weighted by Gasteiger charge is -2.37. The molecule has 1 aliphatic rings. The summed E-state index contributed by atoms with van der Waals surface area (Å²) < 4.78 is 0. The van der Waals surface area contributed by atoms with Crippen LogP contribution in [0.15, 0.2) is 36.9 Å². The fraction of sp³-hybridized carbons (Fsp3) is 0.500. The topological polar surface area (TPSA) is 52.6 Å². The molecule has 1 fully saturated rings. The molecular weight excluding hydrogens is 312 g/mol. The van der Waals surface area contributed by atoms with E-state index in [1.54, 1.807) is 18.2 Å². The first-order valence-corrected chi connectivity index (χ1v) is 8.47. The Hall–Kier alpha value is -1.36. The van der Waals surface area contributed by atoms with Gasteiger partial charge in [-0.15, -0.1) is 6.58 Å². The summed E-state index contributed by atoms with van der Waals surface area (Å²) in [5.74, 6) is 0.248. The lowest BCUT2D eigenvalue weighted by Crippen LogP contribution is -2.48. The first kappa shape index (κ1) is 18.0. The van der Waals surface area contributed by atoms with Crippen molar-refractivity contribution < 1.29 is 9.90 Å². The van der Waals surface area contributed by atoms with Crippen molar-refractivity contribution in [2.75, 3.05) is 19.6 Å². The zero-order valence-corrected chi connectivity index (χ0v) is 14.3. The van der Waals surface area contributed by atoms with Crippen molar-refractivity contribution in [3.8, 4) is 0 Å². The Morgan fingerprint density at radius 2 is 2.04 bits per heavy atom. The summed E-state index contributed by atoms with van der Waals surface area (Å²) in [7, 11) is 0. The SMILES string of the molecule is C=CCNC(=O)C(C)N1CCC(C(O)c2ccc(Cl)cc2)CC1. The second-order valence-electron chi connectivity index (χ2n) is 6.08. The smallest absolute Gasteiger partial charge is 0.237 e. The van der Waals surface area contributed by atoms with Crippen LogP contribution in [0, 0.1) is 5.92 Å². The van der Waals surface area contributed by atoms with E-state index in [9.17, 15) is 9.90 Å². The summed E-state index contributed by atoms with van der Waals surface area (Å²) >= 11 is 5.89. The van der Waals surface area contributed by atoms with Crippen LogP contribution in [-0.4, -0.2) is 41.6 Å². The molecule has 0 saturated carbocycles. The zero-order chi connectivity index (χ0) is 16.8. The Morgan fingerprint density at radius 3 is 2.61 bits per heavy atom. The number of likely N-dealkylation sites (tertiary alicyclic amines) is 1. The highest BCUT2D eigenvalue weighted by Crippen LogP contribution is 2.31. The minimum Gasteiger partial charge on any atom is -0.388 e. The average Bonchev–Trinajstić information content (AvgIpc) is 2.59. The van der Waals surface area contributed by atoms with Gasteiger partial charge in [-0.25, -0.2) is 0 Å². The van der Waals surface area contributed by atoms with Gasteiger partial charge in [0.1, 0.15) is 0 Å². The predicted octanol–water partition coefficient (Wildman–Crippen LogP) is 2.78. The number of aliphatic hydroxyl groups excluding tert-OH is 1. The van der Waals surface area contributed by atoms with Crippen molar-refractivity contribution >= 4 is 17.5 Å². The quantitative estimate of drug-likeness (QED) is 0.785. The summed E-state index contributed by atoms with van der Waals surface area (Å²) in [4.78, 5) is 14.2. The summed E-state index contributed by atoms with van der Waals surface area (Å²) in [6, 6.07) is 7.22. The highest BCUT2D eigenvalue weighted by molar-refractivity contribution is 6.30. The van der Waals surface area contributed by atoms with E-state index in [4.69, 9.17) is 11.6 Å². The van der Waals surface area contributed by atoms with Crippen LogP contribution in [0.4, 0.5) is 0 Å². The fourth-order valence-electron chi connectivity index (χ4n) is 3.04. The number of nitrogens with zero attached hydrogens (tertiary/aromatic N) is 1. The molecule has 2 atom stereocenters. The van der Waals surface area contributed by atoms with Gasteiger partial charge in [0.05, 0.1) is 12.1 Å². The van der Waals surface area contributed by atoms with E-state index in [-0.39, 0.29) is 17.9 Å². The highest BCUT2D eigenvalue weighted by atomic mass is 35.5. The van der Waals surface area contributed by atoms with Gasteiger partial charge >= 0.3 is 0 Å². The Balaban J connectivity index is 1.86. The molecule has 0 aromatic heterocycles. The van der Waals surface area contributed by atoms with Gasteiger partial charge in [-0.05, 0) is 56.5 Å².